The molecule has 0 aliphatic carbocycles. The molecule has 226 valence electrons. The highest BCUT2D eigenvalue weighted by Gasteiger charge is 2.47. The Morgan fingerprint density at radius 1 is 1.21 bits per heavy atom. The largest absolute Gasteiger partial charge is 0.447 e. The number of rotatable bonds is 6. The Morgan fingerprint density at radius 3 is 2.67 bits per heavy atom. The first-order valence-electron chi connectivity index (χ1n) is 14.1. The SMILES string of the molecule is CCNC(=O)[C@H]1O[C@@H](n2cnc3c(N)nc(C#CCC4CCN(C(=O)OCC5CCC(=O)N5C)CC4)nc32)[C@@H](O)C1O. The summed E-state index contributed by atoms with van der Waals surface area (Å²) in [7, 11) is 1.73. The molecule has 5 N–H and O–H groups in total. The molecule has 2 unspecified atom stereocenters. The number of hydrogen-bond donors (Lipinski definition) is 4. The van der Waals surface area contributed by atoms with Gasteiger partial charge in [-0.05, 0) is 38.0 Å². The normalized spacial score (nSPS) is 26.4. The van der Waals surface area contributed by atoms with E-state index >= 15 is 0 Å². The molecule has 0 aromatic carbocycles. The van der Waals surface area contributed by atoms with Crippen molar-refractivity contribution >= 4 is 34.9 Å². The van der Waals surface area contributed by atoms with Gasteiger partial charge in [0.25, 0.3) is 5.91 Å². The van der Waals surface area contributed by atoms with Crippen molar-refractivity contribution in [1.29, 1.82) is 0 Å². The van der Waals surface area contributed by atoms with Crippen molar-refractivity contribution < 1.29 is 34.1 Å². The fourth-order valence-corrected chi connectivity index (χ4v) is 5.47. The molecule has 0 radical (unpaired) electrons. The number of ether oxygens (including phenoxy) is 2. The molecule has 0 saturated carbocycles. The van der Waals surface area contributed by atoms with Gasteiger partial charge in [0.2, 0.25) is 11.7 Å². The van der Waals surface area contributed by atoms with Gasteiger partial charge in [-0.25, -0.2) is 19.7 Å². The van der Waals surface area contributed by atoms with E-state index in [-0.39, 0.29) is 53.4 Å². The molecule has 15 nitrogen and oxygen atoms in total. The number of amides is 3. The molecule has 3 fully saturated rings. The van der Waals surface area contributed by atoms with Crippen LogP contribution in [0.4, 0.5) is 10.6 Å². The molecule has 5 rings (SSSR count). The summed E-state index contributed by atoms with van der Waals surface area (Å²) in [5.41, 5.74) is 6.63. The number of fused-ring (bicyclic) bond motifs is 1. The second kappa shape index (κ2) is 12.5. The molecule has 3 aliphatic heterocycles. The maximum atomic E-state index is 12.5. The summed E-state index contributed by atoms with van der Waals surface area (Å²) < 4.78 is 12.6. The Labute approximate surface area is 242 Å². The zero-order valence-electron chi connectivity index (χ0n) is 23.6. The van der Waals surface area contributed by atoms with Crippen molar-refractivity contribution in [2.24, 2.45) is 5.92 Å². The van der Waals surface area contributed by atoms with Gasteiger partial charge in [0.15, 0.2) is 23.8 Å². The summed E-state index contributed by atoms with van der Waals surface area (Å²) in [6.45, 7) is 3.42. The third kappa shape index (κ3) is 5.96. The first kappa shape index (κ1) is 29.5. The van der Waals surface area contributed by atoms with Crippen molar-refractivity contribution in [3.05, 3.63) is 12.2 Å². The van der Waals surface area contributed by atoms with Crippen molar-refractivity contribution in [1.82, 2.24) is 34.6 Å². The number of nitrogen functional groups attached to an aromatic ring is 1. The number of aliphatic hydroxyl groups excluding tert-OH is 2. The molecule has 15 heteroatoms. The van der Waals surface area contributed by atoms with E-state index in [4.69, 9.17) is 15.2 Å². The number of carbonyl (C=O) groups is 3. The van der Waals surface area contributed by atoms with Gasteiger partial charge in [0.05, 0.1) is 12.4 Å². The van der Waals surface area contributed by atoms with E-state index in [0.717, 1.165) is 12.8 Å². The number of likely N-dealkylation sites (N-methyl/N-ethyl adjacent to an activating group) is 2. The second-order valence-corrected chi connectivity index (χ2v) is 10.8. The van der Waals surface area contributed by atoms with Crippen LogP contribution in [0.5, 0.6) is 0 Å². The Bertz CT molecular complexity index is 1400. The number of nitrogens with one attached hydrogen (secondary N) is 1. The van der Waals surface area contributed by atoms with E-state index in [1.54, 1.807) is 23.8 Å². The molecule has 2 aromatic rings. The minimum absolute atomic E-state index is 0.0602. The summed E-state index contributed by atoms with van der Waals surface area (Å²) in [6, 6.07) is -0.0602. The summed E-state index contributed by atoms with van der Waals surface area (Å²) in [5, 5.41) is 23.6. The van der Waals surface area contributed by atoms with Crippen LogP contribution >= 0.6 is 0 Å². The minimum atomic E-state index is -1.44. The van der Waals surface area contributed by atoms with Crippen LogP contribution < -0.4 is 11.1 Å². The molecule has 0 bridgehead atoms. The quantitative estimate of drug-likeness (QED) is 0.316. The molecular weight excluding hydrogens is 548 g/mol. The Balaban J connectivity index is 1.17. The van der Waals surface area contributed by atoms with E-state index < -0.39 is 30.4 Å². The summed E-state index contributed by atoms with van der Waals surface area (Å²) >= 11 is 0. The highest BCUT2D eigenvalue weighted by Crippen LogP contribution is 2.32. The first-order valence-corrected chi connectivity index (χ1v) is 14.1. The molecule has 42 heavy (non-hydrogen) atoms. The van der Waals surface area contributed by atoms with Crippen LogP contribution in [0, 0.1) is 17.8 Å². The van der Waals surface area contributed by atoms with Crippen LogP contribution in [0.3, 0.4) is 0 Å². The van der Waals surface area contributed by atoms with Gasteiger partial charge in [0.1, 0.15) is 24.3 Å². The molecule has 3 amide bonds. The predicted octanol–water partition coefficient (Wildman–Crippen LogP) is -0.625. The third-order valence-corrected chi connectivity index (χ3v) is 8.07. The average molecular weight is 585 g/mol. The summed E-state index contributed by atoms with van der Waals surface area (Å²) in [4.78, 5) is 52.6. The Kier molecular flexibility index (Phi) is 8.76. The maximum Gasteiger partial charge on any atom is 0.409 e. The van der Waals surface area contributed by atoms with Gasteiger partial charge in [0, 0.05) is 39.5 Å². The molecule has 5 heterocycles. The standard InChI is InChI=1S/C27H36N8O7/c1-3-29-25(39)22-20(37)21(38)26(42-22)35-14-30-19-23(28)31-17(32-24(19)35)6-4-5-15-9-11-34(12-10-15)27(40)41-13-16-7-8-18(36)33(16)2/h14-16,20-22,26,37-38H,3,5,7-13H2,1-2H3,(H,29,39)(H2,28,31,32)/t16?,20?,21-,22-,26+/m0/s1. The number of aromatic nitrogens is 4. The predicted molar refractivity (Wildman–Crippen MR) is 147 cm³/mol. The minimum Gasteiger partial charge on any atom is -0.447 e. The van der Waals surface area contributed by atoms with E-state index in [1.165, 1.54) is 10.9 Å². The molecule has 2 aromatic heterocycles. The van der Waals surface area contributed by atoms with Crippen LogP contribution in [0.15, 0.2) is 6.33 Å². The molecular formula is C27H36N8O7. The molecule has 5 atom stereocenters. The van der Waals surface area contributed by atoms with Crippen LogP contribution in [0.2, 0.25) is 0 Å². The van der Waals surface area contributed by atoms with Gasteiger partial charge in [-0.3, -0.25) is 14.2 Å². The average Bonchev–Trinajstić information content (AvgIpc) is 3.63. The second-order valence-electron chi connectivity index (χ2n) is 10.8. The van der Waals surface area contributed by atoms with E-state index in [9.17, 15) is 24.6 Å². The van der Waals surface area contributed by atoms with Crippen molar-refractivity contribution in [2.45, 2.75) is 69.6 Å². The topological polar surface area (TPSA) is 198 Å². The number of hydrogen-bond acceptors (Lipinski definition) is 11. The lowest BCUT2D eigenvalue weighted by atomic mass is 9.94. The van der Waals surface area contributed by atoms with Gasteiger partial charge in [-0.15, -0.1) is 0 Å². The highest BCUT2D eigenvalue weighted by molar-refractivity contribution is 5.83. The van der Waals surface area contributed by atoms with Crippen LogP contribution in [0.1, 0.15) is 51.1 Å². The van der Waals surface area contributed by atoms with Crippen molar-refractivity contribution in [3.8, 4) is 11.8 Å². The lowest BCUT2D eigenvalue weighted by Gasteiger charge is -2.31. The van der Waals surface area contributed by atoms with Gasteiger partial charge >= 0.3 is 6.09 Å². The summed E-state index contributed by atoms with van der Waals surface area (Å²) in [5.74, 6) is 6.12. The number of imidazole rings is 1. The highest BCUT2D eigenvalue weighted by atomic mass is 16.6. The smallest absolute Gasteiger partial charge is 0.409 e. The number of anilines is 1. The number of likely N-dealkylation sites (tertiary alicyclic amines) is 2. The fourth-order valence-electron chi connectivity index (χ4n) is 5.47. The number of piperidine rings is 1. The van der Waals surface area contributed by atoms with Crippen LogP contribution in [-0.2, 0) is 19.1 Å². The number of aliphatic hydroxyl groups is 2. The zero-order chi connectivity index (χ0) is 30.0. The van der Waals surface area contributed by atoms with Crippen LogP contribution in [-0.4, -0.2) is 115 Å². The van der Waals surface area contributed by atoms with Gasteiger partial charge in [-0.2, -0.15) is 0 Å². The lowest BCUT2D eigenvalue weighted by Crippen LogP contribution is -2.42. The monoisotopic (exact) mass is 584 g/mol. The van der Waals surface area contributed by atoms with Gasteiger partial charge in [-0.1, -0.05) is 5.92 Å². The van der Waals surface area contributed by atoms with Crippen molar-refractivity contribution in [2.75, 3.05) is 39.0 Å². The van der Waals surface area contributed by atoms with Gasteiger partial charge < -0.3 is 40.5 Å². The van der Waals surface area contributed by atoms with E-state index in [2.05, 4.69) is 32.1 Å². The molecule has 0 spiro atoms. The summed E-state index contributed by atoms with van der Waals surface area (Å²) in [6.07, 6.45) is -0.918. The first-order chi connectivity index (χ1) is 20.2. The third-order valence-electron chi connectivity index (χ3n) is 8.07. The maximum absolute atomic E-state index is 12.5. The van der Waals surface area contributed by atoms with E-state index in [0.29, 0.717) is 38.9 Å². The zero-order valence-corrected chi connectivity index (χ0v) is 23.6. The Morgan fingerprint density at radius 2 is 1.98 bits per heavy atom. The lowest BCUT2D eigenvalue weighted by molar-refractivity contribution is -0.137. The molecule has 3 aliphatic rings. The molecule has 3 saturated heterocycles. The number of nitrogens with two attached hydrogens (primary N) is 1. The van der Waals surface area contributed by atoms with E-state index in [1.807, 2.05) is 0 Å². The fraction of sp³-hybridized carbons (Fsp3) is 0.630. The Hall–Kier alpha value is -4.00. The number of carbonyl (C=O) groups excluding carboxylic acids is 3. The van der Waals surface area contributed by atoms with Crippen LogP contribution in [0.25, 0.3) is 11.2 Å². The van der Waals surface area contributed by atoms with Crippen molar-refractivity contribution in [3.63, 3.8) is 0 Å². The number of nitrogens with zero attached hydrogens (tertiary/aromatic N) is 6.